The van der Waals surface area contributed by atoms with Crippen LogP contribution in [-0.4, -0.2) is 47.4 Å². The molecule has 68 heavy (non-hydrogen) atoms. The van der Waals surface area contributed by atoms with Gasteiger partial charge < -0.3 is 31.8 Å². The Morgan fingerprint density at radius 1 is 0.662 bits per heavy atom. The fourth-order valence-electron chi connectivity index (χ4n) is 8.03. The van der Waals surface area contributed by atoms with Crippen LogP contribution in [0.15, 0.2) is 149 Å². The minimum absolute atomic E-state index is 0. The van der Waals surface area contributed by atoms with Crippen molar-refractivity contribution < 1.29 is 42.7 Å². The number of benzene rings is 5. The Balaban J connectivity index is 0.000000258. The summed E-state index contributed by atoms with van der Waals surface area (Å²) in [4.78, 5) is 35.6. The molecule has 360 valence electrons. The van der Waals surface area contributed by atoms with E-state index in [2.05, 4.69) is 188 Å². The predicted octanol–water partition coefficient (Wildman–Crippen LogP) is 10.9. The average molecular weight is 1130 g/mol. The summed E-state index contributed by atoms with van der Waals surface area (Å²) in [5.74, 6) is 0. The Morgan fingerprint density at radius 3 is 1.32 bits per heavy atom. The van der Waals surface area contributed by atoms with Crippen LogP contribution < -0.4 is 45.4 Å². The summed E-state index contributed by atoms with van der Waals surface area (Å²) in [7, 11) is 0. The van der Waals surface area contributed by atoms with Crippen molar-refractivity contribution in [2.45, 2.75) is 122 Å². The quantitative estimate of drug-likeness (QED) is 0.0531. The van der Waals surface area contributed by atoms with Crippen LogP contribution in [0.3, 0.4) is 0 Å². The molecule has 0 heterocycles. The van der Waals surface area contributed by atoms with Crippen molar-refractivity contribution in [1.29, 1.82) is 0 Å². The fraction of sp³-hybridized carbons (Fsp3) is 0.357. The van der Waals surface area contributed by atoms with Crippen molar-refractivity contribution in [3.8, 4) is 0 Å². The molecule has 0 saturated heterocycles. The number of nitrogens with one attached hydrogen (secondary N) is 2. The van der Waals surface area contributed by atoms with E-state index in [1.807, 2.05) is 51.1 Å². The maximum Gasteiger partial charge on any atom is 1.00 e. The minimum Gasteiger partial charge on any atom is -0.343 e. The van der Waals surface area contributed by atoms with E-state index >= 15 is 0 Å². The smallest absolute Gasteiger partial charge is 0.343 e. The normalized spacial score (nSPS) is 17.7. The molecule has 0 spiro atoms. The van der Waals surface area contributed by atoms with Gasteiger partial charge in [0, 0.05) is 15.4 Å². The Kier molecular flexibility index (Phi) is 22.1. The second kappa shape index (κ2) is 25.6. The molecule has 0 fully saturated rings. The zero-order chi connectivity index (χ0) is 49.5. The molecule has 2 aliphatic carbocycles. The largest absolute Gasteiger partial charge is 1.00 e. The molecule has 2 N–H and O–H groups in total. The second-order valence-corrected chi connectivity index (χ2v) is 30.7. The third-order valence-electron chi connectivity index (χ3n) is 11.7. The maximum atomic E-state index is 12.1. The van der Waals surface area contributed by atoms with Gasteiger partial charge in [0.2, 0.25) is 0 Å². The van der Waals surface area contributed by atoms with Crippen molar-refractivity contribution >= 4 is 87.0 Å². The molecule has 5 aromatic rings. The molecule has 0 aromatic heterocycles. The second-order valence-electron chi connectivity index (χ2n) is 19.3. The zero-order valence-electron chi connectivity index (χ0n) is 41.5. The average Bonchev–Trinajstić information content (AvgIpc) is 3.29. The van der Waals surface area contributed by atoms with E-state index in [1.54, 1.807) is 20.8 Å². The van der Waals surface area contributed by atoms with Gasteiger partial charge in [-0.15, -0.1) is 6.58 Å². The van der Waals surface area contributed by atoms with Crippen LogP contribution in [0.4, 0.5) is 9.59 Å². The van der Waals surface area contributed by atoms with E-state index in [1.165, 1.54) is 39.0 Å². The summed E-state index contributed by atoms with van der Waals surface area (Å²) in [6.45, 7) is 23.0. The molecule has 2 aliphatic rings. The number of alkyl carbamates (subject to hydrolysis) is 2. The number of aldehydes is 1. The topological polar surface area (TPSA) is 93.7 Å². The summed E-state index contributed by atoms with van der Waals surface area (Å²) in [5.41, 5.74) is 2.46. The third kappa shape index (κ3) is 16.0. The van der Waals surface area contributed by atoms with Gasteiger partial charge in [0.25, 0.3) is 0 Å². The summed E-state index contributed by atoms with van der Waals surface area (Å²) in [6.07, 6.45) is 8.28. The molecule has 2 atom stereocenters. The van der Waals surface area contributed by atoms with Gasteiger partial charge in [0.15, 0.2) is 0 Å². The number of hydrogen-bond acceptors (Lipinski definition) is 5. The number of amides is 2. The van der Waals surface area contributed by atoms with Gasteiger partial charge in [-0.3, -0.25) is 0 Å². The van der Waals surface area contributed by atoms with Gasteiger partial charge in [0.05, 0.1) is 5.54 Å². The van der Waals surface area contributed by atoms with Crippen LogP contribution in [0.2, 0.25) is 0 Å². The molecule has 7 nitrogen and oxygen atoms in total. The number of halogens is 3. The Morgan fingerprint density at radius 2 is 1.00 bits per heavy atom. The molecule has 2 unspecified atom stereocenters. The molecule has 12 heteroatoms. The zero-order valence-corrected chi connectivity index (χ0v) is 47.1. The van der Waals surface area contributed by atoms with Crippen LogP contribution in [-0.2, 0) is 40.0 Å². The third-order valence-corrected chi connectivity index (χ3v) is 21.4. The Labute approximate surface area is 443 Å². The van der Waals surface area contributed by atoms with Crippen LogP contribution >= 0.6 is 52.7 Å². The monoisotopic (exact) mass is 1120 g/mol. The van der Waals surface area contributed by atoms with Crippen LogP contribution in [0.25, 0.3) is 0 Å². The van der Waals surface area contributed by atoms with E-state index in [0.717, 1.165) is 52.9 Å². The van der Waals surface area contributed by atoms with Gasteiger partial charge in [-0.25, -0.2) is 9.59 Å². The van der Waals surface area contributed by atoms with Crippen molar-refractivity contribution in [1.82, 2.24) is 10.6 Å². The first kappa shape index (κ1) is 58.8. The van der Waals surface area contributed by atoms with Crippen molar-refractivity contribution in [2.24, 2.45) is 0 Å². The summed E-state index contributed by atoms with van der Waals surface area (Å²) in [5, 5.41) is 7.24. The fourth-order valence-corrected chi connectivity index (χ4v) is 14.9. The van der Waals surface area contributed by atoms with Crippen LogP contribution in [0.1, 0.15) is 96.4 Å². The number of hydrogen-bond donors (Lipinski definition) is 2. The van der Waals surface area contributed by atoms with Crippen molar-refractivity contribution in [3.05, 3.63) is 178 Å². The van der Waals surface area contributed by atoms with Gasteiger partial charge in [-0.1, -0.05) is 75.5 Å². The Bertz CT molecular complexity index is 2220. The van der Waals surface area contributed by atoms with Gasteiger partial charge in [0.1, 0.15) is 23.0 Å². The molecular formula is C56H69Br3LiN2O5P. The number of rotatable bonds is 8. The molecule has 5 aromatic carbocycles. The molecular weight excluding hydrogens is 1060 g/mol. The van der Waals surface area contributed by atoms with E-state index < -0.39 is 33.7 Å². The molecule has 0 radical (unpaired) electrons. The van der Waals surface area contributed by atoms with E-state index in [4.69, 9.17) is 9.47 Å². The van der Waals surface area contributed by atoms with Gasteiger partial charge in [-0.05, 0) is 108 Å². The van der Waals surface area contributed by atoms with E-state index in [0.29, 0.717) is 12.8 Å². The molecule has 0 bridgehead atoms. The number of carbonyl (C=O) groups excluding carboxylic acids is 3. The van der Waals surface area contributed by atoms with E-state index in [9.17, 15) is 14.4 Å². The molecule has 0 saturated carbocycles. The summed E-state index contributed by atoms with van der Waals surface area (Å²) < 4.78 is 12.8. The van der Waals surface area contributed by atoms with E-state index in [-0.39, 0.29) is 25.0 Å². The van der Waals surface area contributed by atoms with Crippen LogP contribution in [0, 0.1) is 6.92 Å². The van der Waals surface area contributed by atoms with Crippen molar-refractivity contribution in [3.63, 3.8) is 0 Å². The first-order chi connectivity index (χ1) is 31.5. The number of fused-ring (bicyclic) bond motifs is 2. The maximum absolute atomic E-state index is 12.1. The van der Waals surface area contributed by atoms with Gasteiger partial charge >= 0.3 is 165 Å². The number of ether oxygens (including phenoxy) is 2. The SMILES string of the molecule is C=CC1(NC(=O)OC(C)(C)C)CCc2c(Br)cccc2C1.CC(C)(C)OC(=O)NC1(C=O)CCc2c(Br)cccc2C1.CP(Br)(c1ccccc1)(c1ccccc1)c1ccccc1.[CH2-]CCC.[Li+]. The predicted molar refractivity (Wildman–Crippen MR) is 293 cm³/mol. The molecule has 0 aliphatic heterocycles. The first-order valence-electron chi connectivity index (χ1n) is 22.9. The van der Waals surface area contributed by atoms with Crippen LogP contribution in [0.5, 0.6) is 0 Å². The minimum atomic E-state index is -2.56. The van der Waals surface area contributed by atoms with Crippen molar-refractivity contribution in [2.75, 3.05) is 6.66 Å². The summed E-state index contributed by atoms with van der Waals surface area (Å²) in [6, 6.07) is 44.4. The molecule has 7 rings (SSSR count). The number of unbranched alkanes of at least 4 members (excludes halogenated alkanes) is 1. The first-order valence-corrected chi connectivity index (χ1v) is 29.2. The summed E-state index contributed by atoms with van der Waals surface area (Å²) >= 11 is 11.4. The van der Waals surface area contributed by atoms with Gasteiger partial charge in [-0.2, -0.15) is 6.42 Å². The standard InChI is InChI=1S/C19H18BrP.C17H22BrNO2.C16H20BrNO3.C4H9.Li/c1-21(20,17-11-5-2-6-12-17,18-13-7-3-8-14-18)19-15-9-4-10-16-19;1-5-17(19-15(20)21-16(2,3)4)10-9-13-12(11-17)7-6-8-14(13)18;1-15(2,3)21-14(20)18-16(10-19)8-7-12-11(9-16)5-4-6-13(12)17;1-3-4-2;/h2-16H,1H3;5-8H,1,9-11H2,2-4H3,(H,19,20);4-6,10H,7-9H2,1-3H3,(H,18,20);1,3-4H2,2H3;/q;;;-1;+1. The Hall–Kier alpha value is -3.48. The molecule has 2 amide bonds. The number of carbonyl (C=O) groups is 3.